The van der Waals surface area contributed by atoms with Gasteiger partial charge in [0.2, 0.25) is 5.91 Å². The third-order valence-corrected chi connectivity index (χ3v) is 5.15. The normalized spacial score (nSPS) is 17.1. The van der Waals surface area contributed by atoms with Gasteiger partial charge in [-0.1, -0.05) is 19.1 Å². The van der Waals surface area contributed by atoms with E-state index in [4.69, 9.17) is 4.74 Å². The molecule has 1 aliphatic rings. The number of halogens is 1. The highest BCUT2D eigenvalue weighted by atomic mass is 35.5. The summed E-state index contributed by atoms with van der Waals surface area (Å²) in [6.45, 7) is 6.24. The van der Waals surface area contributed by atoms with Gasteiger partial charge in [0.05, 0.1) is 18.0 Å². The number of hydrogen-bond acceptors (Lipinski definition) is 5. The molecule has 1 fully saturated rings. The number of rotatable bonds is 7. The predicted molar refractivity (Wildman–Crippen MR) is 115 cm³/mol. The summed E-state index contributed by atoms with van der Waals surface area (Å²) in [6.07, 6.45) is 4.50. The summed E-state index contributed by atoms with van der Waals surface area (Å²) < 4.78 is 6.56. The smallest absolute Gasteiger partial charge is 0.358 e. The molecule has 2 heterocycles. The molecule has 2 aromatic rings. The molecule has 0 aliphatic carbocycles. The van der Waals surface area contributed by atoms with E-state index in [1.54, 1.807) is 23.9 Å². The topological polar surface area (TPSA) is 85.2 Å². The molecule has 2 atom stereocenters. The van der Waals surface area contributed by atoms with Gasteiger partial charge in [0, 0.05) is 12.6 Å². The number of aromatic nitrogens is 2. The fraction of sp³-hybridized carbons (Fsp3) is 0.476. The van der Waals surface area contributed by atoms with E-state index in [1.807, 2.05) is 24.3 Å². The Morgan fingerprint density at radius 1 is 1.34 bits per heavy atom. The first-order valence-electron chi connectivity index (χ1n) is 9.91. The van der Waals surface area contributed by atoms with Crippen LogP contribution in [0.5, 0.6) is 0 Å². The maximum absolute atomic E-state index is 12.6. The van der Waals surface area contributed by atoms with Crippen molar-refractivity contribution in [1.29, 1.82) is 0 Å². The highest BCUT2D eigenvalue weighted by Crippen LogP contribution is 2.24. The molecule has 1 aromatic carbocycles. The van der Waals surface area contributed by atoms with Crippen LogP contribution in [-0.4, -0.2) is 41.4 Å². The zero-order chi connectivity index (χ0) is 19.9. The number of carbonyl (C=O) groups excluding carboxylic acids is 2. The Bertz CT molecular complexity index is 818. The van der Waals surface area contributed by atoms with Crippen LogP contribution in [0.15, 0.2) is 36.5 Å². The first-order valence-corrected chi connectivity index (χ1v) is 9.91. The van der Waals surface area contributed by atoms with Crippen molar-refractivity contribution >= 4 is 30.0 Å². The van der Waals surface area contributed by atoms with Gasteiger partial charge >= 0.3 is 5.97 Å². The molecule has 7 nitrogen and oxygen atoms in total. The van der Waals surface area contributed by atoms with Crippen LogP contribution in [-0.2, 0) is 9.53 Å². The van der Waals surface area contributed by atoms with Crippen LogP contribution in [0.25, 0.3) is 5.69 Å². The Hall–Kier alpha value is -2.38. The maximum Gasteiger partial charge on any atom is 0.358 e. The zero-order valence-corrected chi connectivity index (χ0v) is 17.7. The number of piperidine rings is 1. The molecule has 1 aromatic heterocycles. The van der Waals surface area contributed by atoms with Crippen LogP contribution in [0, 0.1) is 11.8 Å². The quantitative estimate of drug-likeness (QED) is 0.670. The van der Waals surface area contributed by atoms with Crippen molar-refractivity contribution in [2.75, 3.05) is 25.0 Å². The maximum atomic E-state index is 12.6. The van der Waals surface area contributed by atoms with Gasteiger partial charge < -0.3 is 15.4 Å². The summed E-state index contributed by atoms with van der Waals surface area (Å²) in [6, 6.07) is 9.03. The second kappa shape index (κ2) is 11.0. The second-order valence-corrected chi connectivity index (χ2v) is 7.22. The van der Waals surface area contributed by atoms with Gasteiger partial charge in [0.25, 0.3) is 0 Å². The molecule has 0 saturated carbocycles. The minimum atomic E-state index is -0.460. The molecule has 158 valence electrons. The van der Waals surface area contributed by atoms with Crippen LogP contribution in [0.2, 0.25) is 0 Å². The van der Waals surface area contributed by atoms with Crippen molar-refractivity contribution in [2.24, 2.45) is 11.8 Å². The molecule has 1 aliphatic heterocycles. The van der Waals surface area contributed by atoms with E-state index < -0.39 is 5.97 Å². The number of ether oxygens (including phenoxy) is 1. The number of benzene rings is 1. The van der Waals surface area contributed by atoms with Crippen LogP contribution in [0.1, 0.15) is 43.6 Å². The van der Waals surface area contributed by atoms with E-state index in [9.17, 15) is 9.59 Å². The summed E-state index contributed by atoms with van der Waals surface area (Å²) in [4.78, 5) is 24.5. The van der Waals surface area contributed by atoms with Gasteiger partial charge in [-0.25, -0.2) is 9.48 Å². The van der Waals surface area contributed by atoms with Crippen molar-refractivity contribution in [3.63, 3.8) is 0 Å². The summed E-state index contributed by atoms with van der Waals surface area (Å²) in [5.74, 6) is 0.383. The summed E-state index contributed by atoms with van der Waals surface area (Å²) in [5, 5.41) is 10.7. The summed E-state index contributed by atoms with van der Waals surface area (Å²) in [7, 11) is 0. The standard InChI is InChI=1S/C21H28N4O3.ClH/c1-3-28-21(27)18-10-12-25(24-18)19-9-5-4-8-17(19)23-20(26)13-15(2)16-7-6-11-22-14-16;/h4-5,8-10,12,15-16,22H,3,6-7,11,13-14H2,1-2H3,(H,23,26);1H. The Kier molecular flexibility index (Phi) is 8.67. The minimum Gasteiger partial charge on any atom is -0.461 e. The number of esters is 1. The molecular formula is C21H29ClN4O3. The molecule has 3 rings (SSSR count). The van der Waals surface area contributed by atoms with Crippen molar-refractivity contribution in [2.45, 2.75) is 33.1 Å². The highest BCUT2D eigenvalue weighted by molar-refractivity contribution is 5.93. The van der Waals surface area contributed by atoms with Crippen LogP contribution < -0.4 is 10.6 Å². The fourth-order valence-electron chi connectivity index (χ4n) is 3.58. The largest absolute Gasteiger partial charge is 0.461 e. The highest BCUT2D eigenvalue weighted by Gasteiger charge is 2.22. The lowest BCUT2D eigenvalue weighted by atomic mass is 9.85. The van der Waals surface area contributed by atoms with E-state index >= 15 is 0 Å². The minimum absolute atomic E-state index is 0. The van der Waals surface area contributed by atoms with E-state index in [2.05, 4.69) is 22.7 Å². The van der Waals surface area contributed by atoms with Gasteiger partial charge in [0.1, 0.15) is 0 Å². The molecule has 1 amide bonds. The number of nitrogens with zero attached hydrogens (tertiary/aromatic N) is 2. The average molecular weight is 421 g/mol. The Morgan fingerprint density at radius 2 is 2.14 bits per heavy atom. The molecule has 8 heteroatoms. The van der Waals surface area contributed by atoms with Gasteiger partial charge in [-0.3, -0.25) is 4.79 Å². The lowest BCUT2D eigenvalue weighted by molar-refractivity contribution is -0.117. The van der Waals surface area contributed by atoms with Crippen molar-refractivity contribution < 1.29 is 14.3 Å². The molecule has 2 N–H and O–H groups in total. The van der Waals surface area contributed by atoms with E-state index in [1.165, 1.54) is 12.8 Å². The number of hydrogen-bond donors (Lipinski definition) is 2. The third kappa shape index (κ3) is 6.05. The van der Waals surface area contributed by atoms with Gasteiger partial charge in [-0.2, -0.15) is 5.10 Å². The van der Waals surface area contributed by atoms with E-state index in [0.29, 0.717) is 36.2 Å². The van der Waals surface area contributed by atoms with E-state index in [0.717, 1.165) is 13.1 Å². The summed E-state index contributed by atoms with van der Waals surface area (Å²) in [5.41, 5.74) is 1.61. The molecule has 29 heavy (non-hydrogen) atoms. The third-order valence-electron chi connectivity index (χ3n) is 5.15. The number of carbonyl (C=O) groups is 2. The van der Waals surface area contributed by atoms with Gasteiger partial charge in [-0.05, 0) is 62.9 Å². The number of nitrogens with one attached hydrogen (secondary N) is 2. The van der Waals surface area contributed by atoms with E-state index in [-0.39, 0.29) is 24.0 Å². The molecule has 0 bridgehead atoms. The Morgan fingerprint density at radius 3 is 2.86 bits per heavy atom. The van der Waals surface area contributed by atoms with Crippen LogP contribution in [0.4, 0.5) is 5.69 Å². The lowest BCUT2D eigenvalue weighted by Gasteiger charge is -2.28. The number of para-hydroxylation sites is 2. The Balaban J connectivity index is 0.00000300. The Labute approximate surface area is 177 Å². The molecule has 0 radical (unpaired) electrons. The van der Waals surface area contributed by atoms with Crippen molar-refractivity contribution in [1.82, 2.24) is 15.1 Å². The second-order valence-electron chi connectivity index (χ2n) is 7.22. The SMILES string of the molecule is CCOC(=O)c1ccn(-c2ccccc2NC(=O)CC(C)C2CCCNC2)n1.Cl. The predicted octanol–water partition coefficient (Wildman–Crippen LogP) is 3.44. The van der Waals surface area contributed by atoms with Crippen molar-refractivity contribution in [3.8, 4) is 5.69 Å². The fourth-order valence-corrected chi connectivity index (χ4v) is 3.58. The molecule has 2 unspecified atom stereocenters. The molecular weight excluding hydrogens is 392 g/mol. The monoisotopic (exact) mass is 420 g/mol. The van der Waals surface area contributed by atoms with Crippen LogP contribution in [0.3, 0.4) is 0 Å². The zero-order valence-electron chi connectivity index (χ0n) is 16.9. The summed E-state index contributed by atoms with van der Waals surface area (Å²) >= 11 is 0. The first kappa shape index (κ1) is 22.9. The molecule has 1 saturated heterocycles. The number of anilines is 1. The lowest BCUT2D eigenvalue weighted by Crippen LogP contribution is -2.34. The van der Waals surface area contributed by atoms with Gasteiger partial charge in [0.15, 0.2) is 5.69 Å². The average Bonchev–Trinajstić information content (AvgIpc) is 3.19. The first-order chi connectivity index (χ1) is 13.6. The van der Waals surface area contributed by atoms with Gasteiger partial charge in [-0.15, -0.1) is 12.4 Å². The van der Waals surface area contributed by atoms with Crippen molar-refractivity contribution in [3.05, 3.63) is 42.2 Å². The molecule has 0 spiro atoms. The van der Waals surface area contributed by atoms with Crippen LogP contribution >= 0.6 is 12.4 Å². The number of amides is 1.